The van der Waals surface area contributed by atoms with Crippen LogP contribution < -0.4 is 19.3 Å². The second-order valence-electron chi connectivity index (χ2n) is 21.5. The van der Waals surface area contributed by atoms with Crippen LogP contribution in [0.2, 0.25) is 5.82 Å². The molecular formula is C56H53BN2O2S. The van der Waals surface area contributed by atoms with E-state index in [1.54, 1.807) is 0 Å². The lowest BCUT2D eigenvalue weighted by Gasteiger charge is -2.60. The van der Waals surface area contributed by atoms with Crippen molar-refractivity contribution in [1.82, 2.24) is 0 Å². The standard InChI is InChI=1S/C56H53BN2O2S/c1-54(2,3)32-18-23-35(24-19-32)58-41-28-22-34(56(7,8)9)30-40(41)57-49-42(31-46-47(51(49)58)37-14-10-12-16-43(37)61-46)59(36-25-20-33(21-26-36)55(4,5)6)50-39-27-29-45-48(52(39)62-53(50)57)38-15-11-13-17-44(38)60-45/h10-21,23-27,29-30,42,46-47,49,51H,31H2,1-9H3. The van der Waals surface area contributed by atoms with E-state index in [1.165, 1.54) is 70.4 Å². The molecule has 1 saturated carbocycles. The fourth-order valence-corrected chi connectivity index (χ4v) is 13.1. The molecule has 7 aromatic rings. The summed E-state index contributed by atoms with van der Waals surface area (Å²) in [5.41, 5.74) is 21.0. The van der Waals surface area contributed by atoms with E-state index < -0.39 is 0 Å². The molecule has 0 radical (unpaired) electrons. The van der Waals surface area contributed by atoms with Crippen LogP contribution in [-0.2, 0) is 10.8 Å². The quantitative estimate of drug-likeness (QED) is 0.128. The van der Waals surface area contributed by atoms with Crippen LogP contribution in [0.1, 0.15) is 91.3 Å². The van der Waals surface area contributed by atoms with Gasteiger partial charge in [0.2, 0.25) is 6.71 Å². The summed E-state index contributed by atoms with van der Waals surface area (Å²) in [6.07, 6.45) is 3.42. The molecule has 2 fully saturated rings. The zero-order valence-corrected chi connectivity index (χ0v) is 38.1. The Morgan fingerprint density at radius 2 is 1.32 bits per heavy atom. The van der Waals surface area contributed by atoms with Crippen molar-refractivity contribution in [2.75, 3.05) is 9.80 Å². The number of furan rings is 1. The van der Waals surface area contributed by atoms with Crippen molar-refractivity contribution in [2.45, 2.75) is 109 Å². The molecule has 0 bridgehead atoms. The smallest absolute Gasteiger partial charge is 0.235 e. The molecule has 2 aromatic heterocycles. The number of benzene rings is 5. The topological polar surface area (TPSA) is 28.9 Å². The molecule has 5 unspecified atom stereocenters. The van der Waals surface area contributed by atoms with Crippen LogP contribution in [-0.4, -0.2) is 24.9 Å². The number of hydrogen-bond donors (Lipinski definition) is 0. The monoisotopic (exact) mass is 828 g/mol. The van der Waals surface area contributed by atoms with Crippen molar-refractivity contribution in [2.24, 2.45) is 5.41 Å². The maximum absolute atomic E-state index is 7.17. The van der Waals surface area contributed by atoms with E-state index >= 15 is 0 Å². The van der Waals surface area contributed by atoms with Crippen molar-refractivity contribution in [3.8, 4) is 5.75 Å². The number of hydrogen-bond acceptors (Lipinski definition) is 5. The van der Waals surface area contributed by atoms with Crippen molar-refractivity contribution in [1.29, 1.82) is 0 Å². The first-order valence-corrected chi connectivity index (χ1v) is 23.4. The van der Waals surface area contributed by atoms with Gasteiger partial charge >= 0.3 is 0 Å². The number of allylic oxidation sites excluding steroid dienone is 3. The highest BCUT2D eigenvalue weighted by atomic mass is 32.1. The lowest BCUT2D eigenvalue weighted by Crippen LogP contribution is -2.68. The number of thiophene rings is 1. The third-order valence-corrected chi connectivity index (χ3v) is 16.0. The Balaban J connectivity index is 1.19. The molecule has 62 heavy (non-hydrogen) atoms. The maximum atomic E-state index is 7.17. The second-order valence-corrected chi connectivity index (χ2v) is 22.5. The lowest BCUT2D eigenvalue weighted by atomic mass is 9.27. The van der Waals surface area contributed by atoms with E-state index in [1.807, 2.05) is 11.3 Å². The first-order valence-electron chi connectivity index (χ1n) is 22.6. The van der Waals surface area contributed by atoms with Crippen molar-refractivity contribution in [3.63, 3.8) is 0 Å². The van der Waals surface area contributed by atoms with Gasteiger partial charge in [-0.1, -0.05) is 135 Å². The minimum absolute atomic E-state index is 0.00217. The SMILES string of the molecule is CC(C)(C)C1=C=C=C2C(=C1)B1c3sc4c(ccc5oc6ccccc6c54)c3N(c3ccc(C(C)(C)C)cc3)C3CC4Oc5ccccc5C4C(C13)N2c1ccc(C(C)(C)C)cc1. The highest BCUT2D eigenvalue weighted by Gasteiger charge is 2.64. The molecule has 1 saturated heterocycles. The van der Waals surface area contributed by atoms with Gasteiger partial charge in [0.15, 0.2) is 0 Å². The summed E-state index contributed by atoms with van der Waals surface area (Å²) in [6.45, 7) is 20.9. The van der Waals surface area contributed by atoms with E-state index in [0.717, 1.165) is 29.0 Å². The average molecular weight is 829 g/mol. The Kier molecular flexibility index (Phi) is 7.96. The van der Waals surface area contributed by atoms with Gasteiger partial charge in [0.25, 0.3) is 0 Å². The normalized spacial score (nSPS) is 22.8. The average Bonchev–Trinajstić information content (AvgIpc) is 3.94. The highest BCUT2D eigenvalue weighted by Crippen LogP contribution is 2.62. The zero-order chi connectivity index (χ0) is 42.6. The largest absolute Gasteiger partial charge is 0.489 e. The molecule has 5 heterocycles. The first-order chi connectivity index (χ1) is 29.6. The van der Waals surface area contributed by atoms with Crippen LogP contribution >= 0.6 is 11.3 Å². The number of ether oxygens (including phenoxy) is 1. The van der Waals surface area contributed by atoms with E-state index in [9.17, 15) is 0 Å². The summed E-state index contributed by atoms with van der Waals surface area (Å²) in [5, 5.41) is 3.68. The Bertz CT molecular complexity index is 3150. The van der Waals surface area contributed by atoms with E-state index in [2.05, 4.69) is 199 Å². The van der Waals surface area contributed by atoms with Gasteiger partial charge in [-0.25, -0.2) is 0 Å². The maximum Gasteiger partial charge on any atom is 0.235 e. The van der Waals surface area contributed by atoms with E-state index in [-0.39, 0.29) is 52.9 Å². The Morgan fingerprint density at radius 1 is 0.661 bits per heavy atom. The molecule has 0 amide bonds. The summed E-state index contributed by atoms with van der Waals surface area (Å²) in [4.78, 5) is 5.45. The number of rotatable bonds is 2. The van der Waals surface area contributed by atoms with Crippen LogP contribution in [0.5, 0.6) is 5.75 Å². The summed E-state index contributed by atoms with van der Waals surface area (Å²) in [6, 6.07) is 41.1. The molecular weight excluding hydrogens is 776 g/mol. The van der Waals surface area contributed by atoms with Crippen LogP contribution in [0.15, 0.2) is 148 Å². The van der Waals surface area contributed by atoms with Crippen LogP contribution in [0, 0.1) is 5.41 Å². The number of nitrogens with zero attached hydrogens (tertiary/aromatic N) is 2. The molecule has 5 aromatic carbocycles. The third-order valence-electron chi connectivity index (χ3n) is 14.7. The summed E-state index contributed by atoms with van der Waals surface area (Å²) in [5.74, 6) is 1.40. The predicted octanol–water partition coefficient (Wildman–Crippen LogP) is 13.9. The Morgan fingerprint density at radius 3 is 2.02 bits per heavy atom. The summed E-state index contributed by atoms with van der Waals surface area (Å²) >= 11 is 1.99. The molecule has 4 nitrogen and oxygen atoms in total. The minimum atomic E-state index is -0.1000. The fraction of sp³-hybridized carbons (Fsp3) is 0.321. The molecule has 2 aliphatic carbocycles. The van der Waals surface area contributed by atoms with Crippen molar-refractivity contribution >= 4 is 71.9 Å². The molecule has 5 aliphatic rings. The predicted molar refractivity (Wildman–Crippen MR) is 261 cm³/mol. The molecule has 3 aliphatic heterocycles. The van der Waals surface area contributed by atoms with Gasteiger partial charge in [0.05, 0.1) is 11.4 Å². The van der Waals surface area contributed by atoms with Crippen LogP contribution in [0.3, 0.4) is 0 Å². The molecule has 6 heteroatoms. The number of anilines is 3. The Labute approximate surface area is 370 Å². The van der Waals surface area contributed by atoms with Gasteiger partial charge in [-0.2, -0.15) is 0 Å². The van der Waals surface area contributed by atoms with E-state index in [0.29, 0.717) is 0 Å². The first kappa shape index (κ1) is 38.1. The number of para-hydroxylation sites is 2. The van der Waals surface area contributed by atoms with Crippen LogP contribution in [0.25, 0.3) is 32.0 Å². The van der Waals surface area contributed by atoms with Gasteiger partial charge in [-0.3, -0.25) is 0 Å². The summed E-state index contributed by atoms with van der Waals surface area (Å²) < 4.78 is 16.5. The molecule has 0 spiro atoms. The fourth-order valence-electron chi connectivity index (χ4n) is 11.6. The summed E-state index contributed by atoms with van der Waals surface area (Å²) in [7, 11) is 0. The van der Waals surface area contributed by atoms with Crippen molar-refractivity contribution in [3.05, 3.63) is 160 Å². The lowest BCUT2D eigenvalue weighted by molar-refractivity contribution is 0.136. The number of fused-ring (bicyclic) bond motifs is 14. The molecule has 12 rings (SSSR count). The Hall–Kier alpha value is -5.64. The highest BCUT2D eigenvalue weighted by molar-refractivity contribution is 7.32. The molecule has 5 atom stereocenters. The van der Waals surface area contributed by atoms with E-state index in [4.69, 9.17) is 9.15 Å². The van der Waals surface area contributed by atoms with Gasteiger partial charge in [-0.05, 0) is 92.9 Å². The van der Waals surface area contributed by atoms with Crippen LogP contribution in [0.4, 0.5) is 17.1 Å². The van der Waals surface area contributed by atoms with Gasteiger partial charge in [0.1, 0.15) is 23.0 Å². The second kappa shape index (κ2) is 13.0. The molecule has 0 N–H and O–H groups in total. The minimum Gasteiger partial charge on any atom is -0.489 e. The van der Waals surface area contributed by atoms with Gasteiger partial charge in [0, 0.05) is 72.6 Å². The van der Waals surface area contributed by atoms with Crippen molar-refractivity contribution < 1.29 is 9.15 Å². The molecule has 308 valence electrons. The third kappa shape index (κ3) is 5.46. The zero-order valence-electron chi connectivity index (χ0n) is 37.3. The van der Waals surface area contributed by atoms with Gasteiger partial charge < -0.3 is 19.0 Å². The van der Waals surface area contributed by atoms with Gasteiger partial charge in [-0.15, -0.1) is 11.3 Å².